The predicted molar refractivity (Wildman–Crippen MR) is 123 cm³/mol. The van der Waals surface area contributed by atoms with Gasteiger partial charge in [0.25, 0.3) is 27.3 Å². The Morgan fingerprint density at radius 2 is 1.43 bits per heavy atom. The number of fused-ring (bicyclic) bond motifs is 3. The smallest absolute Gasteiger partial charge is 0.269 e. The first-order chi connectivity index (χ1) is 16.7. The molecule has 2 aliphatic heterocycles. The van der Waals surface area contributed by atoms with Crippen LogP contribution in [0.5, 0.6) is 0 Å². The minimum Gasteiger partial charge on any atom is -0.333 e. The average molecular weight is 495 g/mol. The number of nitro groups is 2. The number of carbonyl (C=O) groups excluding carboxylic acids is 1. The Hall–Kier alpha value is -4.36. The first-order valence-corrected chi connectivity index (χ1v) is 11.9. The summed E-state index contributed by atoms with van der Waals surface area (Å²) in [6.07, 6.45) is -0.543. The fraction of sp³-hybridized carbons (Fsp3) is 0.136. The van der Waals surface area contributed by atoms with E-state index in [2.05, 4.69) is 4.83 Å². The van der Waals surface area contributed by atoms with Crippen LogP contribution in [0.15, 0.2) is 77.7 Å². The number of non-ortho nitro benzene ring substituents is 2. The molecule has 2 atom stereocenters. The van der Waals surface area contributed by atoms with E-state index in [0.717, 1.165) is 40.5 Å². The maximum Gasteiger partial charge on any atom is 0.269 e. The lowest BCUT2D eigenvalue weighted by molar-refractivity contribution is -0.385. The fourth-order valence-electron chi connectivity index (χ4n) is 4.43. The Labute approximate surface area is 198 Å². The number of sulfonamides is 1. The molecule has 1 saturated heterocycles. The molecule has 12 nitrogen and oxygen atoms in total. The van der Waals surface area contributed by atoms with Crippen molar-refractivity contribution in [1.82, 2.24) is 9.84 Å². The van der Waals surface area contributed by atoms with Gasteiger partial charge in [0.1, 0.15) is 12.2 Å². The molecule has 0 saturated carbocycles. The number of amides is 1. The van der Waals surface area contributed by atoms with Gasteiger partial charge in [-0.05, 0) is 41.5 Å². The monoisotopic (exact) mass is 495 g/mol. The summed E-state index contributed by atoms with van der Waals surface area (Å²) in [4.78, 5) is 38.1. The van der Waals surface area contributed by atoms with Gasteiger partial charge in [0.15, 0.2) is 0 Å². The van der Waals surface area contributed by atoms with Gasteiger partial charge in [-0.15, -0.1) is 4.83 Å². The molecule has 2 heterocycles. The molecule has 13 heteroatoms. The summed E-state index contributed by atoms with van der Waals surface area (Å²) in [6, 6.07) is 16.5. The number of hydrogen-bond acceptors (Lipinski definition) is 8. The second kappa shape index (κ2) is 8.14. The minimum atomic E-state index is -4.29. The van der Waals surface area contributed by atoms with Gasteiger partial charge in [-0.1, -0.05) is 18.2 Å². The van der Waals surface area contributed by atoms with Crippen molar-refractivity contribution in [3.63, 3.8) is 0 Å². The summed E-state index contributed by atoms with van der Waals surface area (Å²) in [5.41, 5.74) is 1.73. The topological polar surface area (TPSA) is 156 Å². The van der Waals surface area contributed by atoms with Crippen LogP contribution in [0, 0.1) is 20.2 Å². The molecule has 0 radical (unpaired) electrons. The van der Waals surface area contributed by atoms with Crippen molar-refractivity contribution >= 4 is 33.0 Å². The lowest BCUT2D eigenvalue weighted by Crippen LogP contribution is -2.46. The van der Waals surface area contributed by atoms with Gasteiger partial charge in [-0.3, -0.25) is 25.0 Å². The Balaban J connectivity index is 1.55. The number of nitro benzene ring substituents is 2. The third-order valence-electron chi connectivity index (χ3n) is 6.03. The van der Waals surface area contributed by atoms with E-state index in [0.29, 0.717) is 12.0 Å². The van der Waals surface area contributed by atoms with Crippen molar-refractivity contribution in [2.24, 2.45) is 0 Å². The molecular weight excluding hydrogens is 478 g/mol. The van der Waals surface area contributed by atoms with Crippen LogP contribution in [-0.4, -0.2) is 35.2 Å². The number of carbonyl (C=O) groups is 1. The molecule has 178 valence electrons. The van der Waals surface area contributed by atoms with Gasteiger partial charge >= 0.3 is 0 Å². The van der Waals surface area contributed by atoms with Crippen LogP contribution < -0.4 is 9.73 Å². The summed E-state index contributed by atoms with van der Waals surface area (Å²) < 4.78 is 26.2. The lowest BCUT2D eigenvalue weighted by Gasteiger charge is -2.31. The highest BCUT2D eigenvalue weighted by Gasteiger charge is 2.52. The number of hydrogen-bond donors (Lipinski definition) is 1. The third kappa shape index (κ3) is 3.76. The van der Waals surface area contributed by atoms with Crippen LogP contribution in [0.3, 0.4) is 0 Å². The van der Waals surface area contributed by atoms with Crippen molar-refractivity contribution < 1.29 is 23.1 Å². The average Bonchev–Trinajstić information content (AvgIpc) is 3.34. The zero-order valence-corrected chi connectivity index (χ0v) is 18.7. The maximum absolute atomic E-state index is 13.4. The van der Waals surface area contributed by atoms with Gasteiger partial charge in [-0.2, -0.15) is 0 Å². The quantitative estimate of drug-likeness (QED) is 0.404. The van der Waals surface area contributed by atoms with Crippen LogP contribution in [0.1, 0.15) is 17.3 Å². The Morgan fingerprint density at radius 3 is 2.03 bits per heavy atom. The van der Waals surface area contributed by atoms with Crippen molar-refractivity contribution in [1.29, 1.82) is 0 Å². The Kier molecular flexibility index (Phi) is 5.22. The zero-order valence-electron chi connectivity index (χ0n) is 17.8. The van der Waals surface area contributed by atoms with Crippen LogP contribution in [0.25, 0.3) is 0 Å². The van der Waals surface area contributed by atoms with Gasteiger partial charge in [0.2, 0.25) is 0 Å². The summed E-state index contributed by atoms with van der Waals surface area (Å²) in [5.74, 6) is -0.491. The number of para-hydroxylation sites is 1. The molecule has 2 aliphatic rings. The Bertz CT molecular complexity index is 1460. The zero-order chi connectivity index (χ0) is 24.9. The third-order valence-corrected chi connectivity index (χ3v) is 7.36. The largest absolute Gasteiger partial charge is 0.333 e. The number of benzene rings is 3. The summed E-state index contributed by atoms with van der Waals surface area (Å²) in [7, 11) is -4.29. The lowest BCUT2D eigenvalue weighted by atomic mass is 10.1. The normalized spacial score (nSPS) is 18.9. The number of rotatable bonds is 6. The number of anilines is 1. The van der Waals surface area contributed by atoms with Gasteiger partial charge in [0.05, 0.1) is 14.7 Å². The van der Waals surface area contributed by atoms with Crippen LogP contribution in [0.2, 0.25) is 0 Å². The highest BCUT2D eigenvalue weighted by atomic mass is 32.2. The summed E-state index contributed by atoms with van der Waals surface area (Å²) in [6.45, 7) is 0. The van der Waals surface area contributed by atoms with E-state index in [4.69, 9.17) is 0 Å². The number of nitrogens with one attached hydrogen (secondary N) is 1. The number of nitrogens with zero attached hydrogens (tertiary/aromatic N) is 4. The molecule has 1 fully saturated rings. The van der Waals surface area contributed by atoms with Crippen LogP contribution in [-0.2, 0) is 21.2 Å². The summed E-state index contributed by atoms with van der Waals surface area (Å²) >= 11 is 0. The summed E-state index contributed by atoms with van der Waals surface area (Å²) in [5, 5.41) is 23.0. The molecule has 35 heavy (non-hydrogen) atoms. The molecule has 0 aromatic heterocycles. The first-order valence-electron chi connectivity index (χ1n) is 10.4. The van der Waals surface area contributed by atoms with Crippen molar-refractivity contribution in [3.8, 4) is 0 Å². The van der Waals surface area contributed by atoms with E-state index < -0.39 is 38.0 Å². The highest BCUT2D eigenvalue weighted by Crippen LogP contribution is 2.45. The van der Waals surface area contributed by atoms with E-state index in [9.17, 15) is 33.4 Å². The molecule has 0 aliphatic carbocycles. The van der Waals surface area contributed by atoms with Gasteiger partial charge in [-0.25, -0.2) is 13.4 Å². The van der Waals surface area contributed by atoms with E-state index in [-0.39, 0.29) is 16.3 Å². The predicted octanol–water partition coefficient (Wildman–Crippen LogP) is 2.67. The Morgan fingerprint density at radius 1 is 0.857 bits per heavy atom. The van der Waals surface area contributed by atoms with Crippen molar-refractivity contribution in [2.45, 2.75) is 23.5 Å². The van der Waals surface area contributed by atoms with E-state index in [1.165, 1.54) is 24.3 Å². The minimum absolute atomic E-state index is 0.144. The molecule has 5 rings (SSSR count). The fourth-order valence-corrected chi connectivity index (χ4v) is 5.47. The molecular formula is C22H17N5O7S. The van der Waals surface area contributed by atoms with Crippen LogP contribution in [0.4, 0.5) is 17.1 Å². The first kappa shape index (κ1) is 22.4. The van der Waals surface area contributed by atoms with Gasteiger partial charge < -0.3 is 4.90 Å². The molecule has 1 N–H and O–H groups in total. The number of hydrazine groups is 1. The molecule has 0 bridgehead atoms. The molecule has 3 aromatic carbocycles. The van der Waals surface area contributed by atoms with E-state index in [1.807, 2.05) is 24.3 Å². The van der Waals surface area contributed by atoms with Crippen molar-refractivity contribution in [2.75, 3.05) is 4.90 Å². The second-order valence-electron chi connectivity index (χ2n) is 8.03. The SMILES string of the molecule is O=C1[C@@H]2Cc3ccccc3N2[C@@H](c2ccc([N+](=O)[O-])cc2)N1NS(=O)(=O)c1ccc([N+](=O)[O-])cc1. The van der Waals surface area contributed by atoms with E-state index in [1.54, 1.807) is 4.90 Å². The van der Waals surface area contributed by atoms with Crippen LogP contribution >= 0.6 is 0 Å². The van der Waals surface area contributed by atoms with Gasteiger partial charge in [0, 0.05) is 36.4 Å². The molecule has 0 unspecified atom stereocenters. The highest BCUT2D eigenvalue weighted by molar-refractivity contribution is 7.89. The molecule has 3 aromatic rings. The maximum atomic E-state index is 13.4. The molecule has 0 spiro atoms. The van der Waals surface area contributed by atoms with Crippen molar-refractivity contribution in [3.05, 3.63) is 104 Å². The van der Waals surface area contributed by atoms with E-state index >= 15 is 0 Å². The standard InChI is InChI=1S/C22H17N5O7S/c28-22-20-13-15-3-1-2-4-19(15)24(20)21(14-5-7-16(8-6-14)26(29)30)25(22)23-35(33,34)18-11-9-17(10-12-18)27(31)32/h1-12,20-21,23H,13H2/t20-,21+/m0/s1. The molecule has 1 amide bonds. The second-order valence-corrected chi connectivity index (χ2v) is 9.69.